The Balaban J connectivity index is 1.50. The molecule has 3 aromatic carbocycles. The Morgan fingerprint density at radius 1 is 0.974 bits per heavy atom. The Morgan fingerprint density at radius 2 is 1.68 bits per heavy atom. The zero-order valence-electron chi connectivity index (χ0n) is 21.9. The van der Waals surface area contributed by atoms with E-state index in [1.807, 2.05) is 54.8 Å². The number of nitrogens with one attached hydrogen (secondary N) is 2. The van der Waals surface area contributed by atoms with E-state index in [0.29, 0.717) is 23.7 Å². The van der Waals surface area contributed by atoms with Gasteiger partial charge in [0.05, 0.1) is 18.2 Å². The van der Waals surface area contributed by atoms with Crippen LogP contribution in [-0.2, 0) is 10.5 Å². The molecule has 0 aliphatic carbocycles. The number of thioether (sulfide) groups is 1. The van der Waals surface area contributed by atoms with Crippen molar-refractivity contribution in [2.24, 2.45) is 0 Å². The normalized spacial score (nSPS) is 11.6. The number of carbonyl (C=O) groups excluding carboxylic acids is 2. The van der Waals surface area contributed by atoms with Crippen LogP contribution in [0.1, 0.15) is 52.8 Å². The molecule has 2 amide bonds. The fourth-order valence-corrected chi connectivity index (χ4v) is 4.87. The van der Waals surface area contributed by atoms with Crippen LogP contribution in [0, 0.1) is 13.8 Å². The van der Waals surface area contributed by atoms with Crippen LogP contribution in [0.15, 0.2) is 78.0 Å². The standard InChI is InChI=1S/C29H31N5O3S/c1-5-37-27(35)22-12-14-24(15-13-22)31-28(36)30-21(4)26-32-33-29(34(26)25-16-10-19(2)11-17-25)38-18-23-9-7-6-8-20(23)3/h6-17,21H,5,18H2,1-4H3,(H2,30,31,36)/t21-/m1/s1. The Labute approximate surface area is 226 Å². The lowest BCUT2D eigenvalue weighted by atomic mass is 10.1. The van der Waals surface area contributed by atoms with Crippen LogP contribution in [0.25, 0.3) is 5.69 Å². The number of carbonyl (C=O) groups is 2. The van der Waals surface area contributed by atoms with Gasteiger partial charge in [-0.25, -0.2) is 9.59 Å². The van der Waals surface area contributed by atoms with Crippen molar-refractivity contribution in [3.63, 3.8) is 0 Å². The van der Waals surface area contributed by atoms with Gasteiger partial charge in [0.15, 0.2) is 11.0 Å². The molecule has 0 spiro atoms. The molecule has 0 saturated heterocycles. The van der Waals surface area contributed by atoms with Gasteiger partial charge in [-0.1, -0.05) is 53.7 Å². The van der Waals surface area contributed by atoms with E-state index in [9.17, 15) is 9.59 Å². The molecule has 0 bridgehead atoms. The Morgan fingerprint density at radius 3 is 2.37 bits per heavy atom. The van der Waals surface area contributed by atoms with Gasteiger partial charge in [0, 0.05) is 17.1 Å². The third-order valence-corrected chi connectivity index (χ3v) is 6.94. The average molecular weight is 530 g/mol. The monoisotopic (exact) mass is 529 g/mol. The second-order valence-electron chi connectivity index (χ2n) is 8.84. The largest absolute Gasteiger partial charge is 0.462 e. The summed E-state index contributed by atoms with van der Waals surface area (Å²) in [5.74, 6) is 0.971. The number of urea groups is 1. The molecule has 8 nitrogen and oxygen atoms in total. The quantitative estimate of drug-likeness (QED) is 0.197. The van der Waals surface area contributed by atoms with Crippen LogP contribution in [0.4, 0.5) is 10.5 Å². The fourth-order valence-electron chi connectivity index (χ4n) is 3.84. The highest BCUT2D eigenvalue weighted by Crippen LogP contribution is 2.28. The molecular weight excluding hydrogens is 498 g/mol. The first-order valence-electron chi connectivity index (χ1n) is 12.4. The summed E-state index contributed by atoms with van der Waals surface area (Å²) in [6.45, 7) is 8.07. The predicted octanol–water partition coefficient (Wildman–Crippen LogP) is 6.24. The van der Waals surface area contributed by atoms with Crippen LogP contribution in [-0.4, -0.2) is 33.4 Å². The summed E-state index contributed by atoms with van der Waals surface area (Å²) in [5.41, 5.74) is 5.51. The van der Waals surface area contributed by atoms with E-state index in [1.165, 1.54) is 11.1 Å². The van der Waals surface area contributed by atoms with Crippen molar-refractivity contribution < 1.29 is 14.3 Å². The summed E-state index contributed by atoms with van der Waals surface area (Å²) in [6.07, 6.45) is 0. The van der Waals surface area contributed by atoms with E-state index in [2.05, 4.69) is 39.9 Å². The van der Waals surface area contributed by atoms with Gasteiger partial charge in [-0.3, -0.25) is 4.57 Å². The average Bonchev–Trinajstić information content (AvgIpc) is 3.33. The minimum absolute atomic E-state index is 0.304. The van der Waals surface area contributed by atoms with E-state index >= 15 is 0 Å². The molecular formula is C29H31N5O3S. The van der Waals surface area contributed by atoms with Crippen molar-refractivity contribution in [3.8, 4) is 5.69 Å². The summed E-state index contributed by atoms with van der Waals surface area (Å²) in [6, 6.07) is 22.1. The van der Waals surface area contributed by atoms with Crippen molar-refractivity contribution in [2.45, 2.75) is 44.6 Å². The second-order valence-corrected chi connectivity index (χ2v) is 9.79. The summed E-state index contributed by atoms with van der Waals surface area (Å²) >= 11 is 1.60. The smallest absolute Gasteiger partial charge is 0.338 e. The number of ether oxygens (including phenoxy) is 1. The van der Waals surface area contributed by atoms with Crippen LogP contribution in [0.5, 0.6) is 0 Å². The molecule has 1 aromatic heterocycles. The molecule has 1 atom stereocenters. The Kier molecular flexibility index (Phi) is 8.81. The molecule has 0 aliphatic heterocycles. The first kappa shape index (κ1) is 26.9. The highest BCUT2D eigenvalue weighted by molar-refractivity contribution is 7.98. The maximum Gasteiger partial charge on any atom is 0.338 e. The van der Waals surface area contributed by atoms with Gasteiger partial charge >= 0.3 is 12.0 Å². The lowest BCUT2D eigenvalue weighted by molar-refractivity contribution is 0.0526. The van der Waals surface area contributed by atoms with E-state index in [4.69, 9.17) is 4.74 Å². The van der Waals surface area contributed by atoms with Gasteiger partial charge in [-0.15, -0.1) is 10.2 Å². The number of rotatable bonds is 9. The summed E-state index contributed by atoms with van der Waals surface area (Å²) in [7, 11) is 0. The lowest BCUT2D eigenvalue weighted by Crippen LogP contribution is -2.32. The van der Waals surface area contributed by atoms with Crippen molar-refractivity contribution in [3.05, 3.63) is 101 Å². The minimum Gasteiger partial charge on any atom is -0.462 e. The highest BCUT2D eigenvalue weighted by Gasteiger charge is 2.21. The van der Waals surface area contributed by atoms with Crippen molar-refractivity contribution >= 4 is 29.4 Å². The molecule has 0 fully saturated rings. The first-order chi connectivity index (χ1) is 18.4. The molecule has 9 heteroatoms. The van der Waals surface area contributed by atoms with E-state index in [1.54, 1.807) is 43.0 Å². The maximum atomic E-state index is 12.8. The van der Waals surface area contributed by atoms with Crippen LogP contribution in [0.3, 0.4) is 0 Å². The van der Waals surface area contributed by atoms with Gasteiger partial charge in [0.2, 0.25) is 0 Å². The van der Waals surface area contributed by atoms with Gasteiger partial charge in [0.1, 0.15) is 0 Å². The van der Waals surface area contributed by atoms with E-state index in [0.717, 1.165) is 22.2 Å². The maximum absolute atomic E-state index is 12.8. The molecule has 0 radical (unpaired) electrons. The molecule has 4 rings (SSSR count). The zero-order valence-corrected chi connectivity index (χ0v) is 22.7. The highest BCUT2D eigenvalue weighted by atomic mass is 32.2. The molecule has 4 aromatic rings. The first-order valence-corrected chi connectivity index (χ1v) is 13.4. The second kappa shape index (κ2) is 12.4. The third kappa shape index (κ3) is 6.60. The lowest BCUT2D eigenvalue weighted by Gasteiger charge is -2.17. The third-order valence-electron chi connectivity index (χ3n) is 5.96. The topological polar surface area (TPSA) is 98.1 Å². The summed E-state index contributed by atoms with van der Waals surface area (Å²) < 4.78 is 6.99. The van der Waals surface area contributed by atoms with E-state index < -0.39 is 18.0 Å². The number of aromatic nitrogens is 3. The number of hydrogen-bond acceptors (Lipinski definition) is 6. The van der Waals surface area contributed by atoms with Gasteiger partial charge < -0.3 is 15.4 Å². The number of anilines is 1. The summed E-state index contributed by atoms with van der Waals surface area (Å²) in [5, 5.41) is 15.4. The predicted molar refractivity (Wildman–Crippen MR) is 150 cm³/mol. The van der Waals surface area contributed by atoms with Crippen LogP contribution >= 0.6 is 11.8 Å². The molecule has 0 saturated carbocycles. The Hall–Kier alpha value is -4.11. The van der Waals surface area contributed by atoms with Crippen molar-refractivity contribution in [2.75, 3.05) is 11.9 Å². The van der Waals surface area contributed by atoms with Crippen LogP contribution < -0.4 is 10.6 Å². The minimum atomic E-state index is -0.435. The number of benzene rings is 3. The van der Waals surface area contributed by atoms with Crippen molar-refractivity contribution in [1.29, 1.82) is 0 Å². The van der Waals surface area contributed by atoms with Crippen LogP contribution in [0.2, 0.25) is 0 Å². The SMILES string of the molecule is CCOC(=O)c1ccc(NC(=O)N[C@H](C)c2nnc(SCc3ccccc3C)n2-c2ccc(C)cc2)cc1. The molecule has 38 heavy (non-hydrogen) atoms. The number of hydrogen-bond donors (Lipinski definition) is 2. The molecule has 0 aliphatic rings. The number of amides is 2. The number of esters is 1. The fraction of sp³-hybridized carbons (Fsp3) is 0.241. The number of aryl methyl sites for hydroxylation is 2. The molecule has 196 valence electrons. The van der Waals surface area contributed by atoms with Gasteiger partial charge in [0.25, 0.3) is 0 Å². The number of nitrogens with zero attached hydrogens (tertiary/aromatic N) is 3. The molecule has 2 N–H and O–H groups in total. The zero-order chi connectivity index (χ0) is 27.1. The molecule has 0 unspecified atom stereocenters. The van der Waals surface area contributed by atoms with E-state index in [-0.39, 0.29) is 0 Å². The summed E-state index contributed by atoms with van der Waals surface area (Å²) in [4.78, 5) is 24.6. The molecule has 1 heterocycles. The van der Waals surface area contributed by atoms with Gasteiger partial charge in [-0.2, -0.15) is 0 Å². The Bertz CT molecular complexity index is 1400. The van der Waals surface area contributed by atoms with Gasteiger partial charge in [-0.05, 0) is 75.2 Å². The van der Waals surface area contributed by atoms with Crippen molar-refractivity contribution in [1.82, 2.24) is 20.1 Å².